The van der Waals surface area contributed by atoms with Crippen molar-refractivity contribution in [1.29, 1.82) is 0 Å². The van der Waals surface area contributed by atoms with E-state index in [2.05, 4.69) is 67.6 Å². The maximum atomic E-state index is 6.32. The van der Waals surface area contributed by atoms with Gasteiger partial charge in [-0.1, -0.05) is 0 Å². The summed E-state index contributed by atoms with van der Waals surface area (Å²) in [4.78, 5) is 0. The van der Waals surface area contributed by atoms with Crippen LogP contribution in [0.4, 0.5) is 0 Å². The van der Waals surface area contributed by atoms with Crippen LogP contribution in [0.3, 0.4) is 0 Å². The second-order valence-corrected chi connectivity index (χ2v) is 15.4. The van der Waals surface area contributed by atoms with E-state index in [1.54, 1.807) is 0 Å². The molecule has 2 aromatic carbocycles. The van der Waals surface area contributed by atoms with Crippen molar-refractivity contribution in [1.82, 2.24) is 0 Å². The molecule has 26 heavy (non-hydrogen) atoms. The monoisotopic (exact) mass is 452 g/mol. The SMILES string of the molecule is CCCCC[Se]CCP(=S)(CCc1ccccc1)CCc1ccccc1. The molecule has 0 nitrogen and oxygen atoms in total. The van der Waals surface area contributed by atoms with E-state index < -0.39 is 6.04 Å². The number of benzene rings is 2. The van der Waals surface area contributed by atoms with Gasteiger partial charge in [0.15, 0.2) is 0 Å². The molecule has 0 saturated heterocycles. The topological polar surface area (TPSA) is 0 Å². The third kappa shape index (κ3) is 9.00. The first-order valence-electron chi connectivity index (χ1n) is 9.94. The van der Waals surface area contributed by atoms with Crippen LogP contribution in [-0.2, 0) is 24.6 Å². The molecule has 142 valence electrons. The zero-order chi connectivity index (χ0) is 18.5. The van der Waals surface area contributed by atoms with Gasteiger partial charge in [-0.05, 0) is 0 Å². The average Bonchev–Trinajstić information content (AvgIpc) is 2.69. The summed E-state index contributed by atoms with van der Waals surface area (Å²) in [6.45, 7) is 2.29. The first-order chi connectivity index (χ1) is 12.7. The summed E-state index contributed by atoms with van der Waals surface area (Å²) < 4.78 is 0. The summed E-state index contributed by atoms with van der Waals surface area (Å²) in [5.74, 6) is 0. The van der Waals surface area contributed by atoms with E-state index in [9.17, 15) is 0 Å². The quantitative estimate of drug-likeness (QED) is 0.186. The molecule has 0 atom stereocenters. The number of unbranched alkanes of at least 4 members (excludes halogenated alkanes) is 2. The number of hydrogen-bond acceptors (Lipinski definition) is 1. The molecule has 0 fully saturated rings. The first-order valence-corrected chi connectivity index (χ1v) is 15.7. The van der Waals surface area contributed by atoms with Crippen LogP contribution in [0.25, 0.3) is 0 Å². The van der Waals surface area contributed by atoms with Crippen LogP contribution in [0.2, 0.25) is 10.6 Å². The van der Waals surface area contributed by atoms with Gasteiger partial charge in [0.25, 0.3) is 0 Å². The third-order valence-electron chi connectivity index (χ3n) is 4.84. The fraction of sp³-hybridized carbons (Fsp3) is 0.478. The number of aryl methyl sites for hydroxylation is 2. The standard InChI is InChI=1S/C23H33PSSe/c1-2-3-10-20-26-21-19-24(25,17-15-22-11-6-4-7-12-22)18-16-23-13-8-5-9-14-23/h4-9,11-14H,2-3,10,15-21H2,1H3. The predicted molar refractivity (Wildman–Crippen MR) is 124 cm³/mol. The Kier molecular flexibility index (Phi) is 10.9. The molecule has 0 aromatic heterocycles. The Bertz CT molecular complexity index is 594. The first kappa shape index (κ1) is 21.9. The fourth-order valence-corrected chi connectivity index (χ4v) is 11.4. The molecular formula is C23H33PSSe. The van der Waals surface area contributed by atoms with Gasteiger partial charge in [0, 0.05) is 0 Å². The Morgan fingerprint density at radius 3 is 1.77 bits per heavy atom. The van der Waals surface area contributed by atoms with Crippen molar-refractivity contribution in [2.45, 2.75) is 49.7 Å². The Balaban J connectivity index is 1.87. The summed E-state index contributed by atoms with van der Waals surface area (Å²) in [6.07, 6.45) is 10.3. The minimum atomic E-state index is -1.26. The summed E-state index contributed by atoms with van der Waals surface area (Å²) in [6, 6.07) is 20.6. The molecule has 0 saturated carbocycles. The molecule has 3 heteroatoms. The summed E-state index contributed by atoms with van der Waals surface area (Å²) in [7, 11) is 0. The zero-order valence-electron chi connectivity index (χ0n) is 16.1. The van der Waals surface area contributed by atoms with Crippen molar-refractivity contribution in [2.75, 3.05) is 18.5 Å². The van der Waals surface area contributed by atoms with Crippen molar-refractivity contribution >= 4 is 32.8 Å². The van der Waals surface area contributed by atoms with Crippen LogP contribution in [-0.4, -0.2) is 33.4 Å². The maximum absolute atomic E-state index is 6.32. The summed E-state index contributed by atoms with van der Waals surface area (Å²) in [5.41, 5.74) is 2.91. The molecule has 0 heterocycles. The van der Waals surface area contributed by atoms with E-state index >= 15 is 0 Å². The van der Waals surface area contributed by atoms with E-state index in [1.165, 1.54) is 59.5 Å². The normalized spacial score (nSPS) is 11.6. The molecule has 0 bridgehead atoms. The van der Waals surface area contributed by atoms with Gasteiger partial charge in [-0.2, -0.15) is 0 Å². The Morgan fingerprint density at radius 1 is 0.731 bits per heavy atom. The third-order valence-corrected chi connectivity index (χ3v) is 12.5. The molecule has 0 unspecified atom stereocenters. The van der Waals surface area contributed by atoms with Gasteiger partial charge in [-0.3, -0.25) is 0 Å². The van der Waals surface area contributed by atoms with Gasteiger partial charge in [-0.25, -0.2) is 0 Å². The van der Waals surface area contributed by atoms with Crippen LogP contribution >= 0.6 is 6.04 Å². The van der Waals surface area contributed by atoms with Crippen LogP contribution < -0.4 is 0 Å². The average molecular weight is 452 g/mol. The molecule has 0 aliphatic heterocycles. The second kappa shape index (κ2) is 12.9. The van der Waals surface area contributed by atoms with Crippen molar-refractivity contribution in [3.8, 4) is 0 Å². The summed E-state index contributed by atoms with van der Waals surface area (Å²) >= 11 is 7.13. The molecule has 0 radical (unpaired) electrons. The molecule has 2 rings (SSSR count). The summed E-state index contributed by atoms with van der Waals surface area (Å²) in [5, 5.41) is 2.85. The molecule has 0 aliphatic rings. The van der Waals surface area contributed by atoms with Crippen LogP contribution in [0.5, 0.6) is 0 Å². The van der Waals surface area contributed by atoms with E-state index in [4.69, 9.17) is 11.8 Å². The molecule has 0 spiro atoms. The van der Waals surface area contributed by atoms with Gasteiger partial charge in [0.1, 0.15) is 0 Å². The Labute approximate surface area is 172 Å². The van der Waals surface area contributed by atoms with E-state index in [-0.39, 0.29) is 0 Å². The van der Waals surface area contributed by atoms with Crippen molar-refractivity contribution in [3.05, 3.63) is 71.8 Å². The predicted octanol–water partition coefficient (Wildman–Crippen LogP) is 6.68. The molecule has 0 aliphatic carbocycles. The Hall–Kier alpha value is -0.391. The van der Waals surface area contributed by atoms with Crippen LogP contribution in [0.1, 0.15) is 37.3 Å². The Morgan fingerprint density at radius 2 is 1.27 bits per heavy atom. The van der Waals surface area contributed by atoms with Gasteiger partial charge < -0.3 is 0 Å². The van der Waals surface area contributed by atoms with Gasteiger partial charge in [-0.15, -0.1) is 0 Å². The minimum absolute atomic E-state index is 0.804. The van der Waals surface area contributed by atoms with E-state index in [0.29, 0.717) is 0 Å². The molecule has 0 amide bonds. The van der Waals surface area contributed by atoms with Gasteiger partial charge >= 0.3 is 173 Å². The molecular weight excluding hydrogens is 418 g/mol. The second-order valence-electron chi connectivity index (χ2n) is 7.02. The zero-order valence-corrected chi connectivity index (χ0v) is 19.5. The van der Waals surface area contributed by atoms with Crippen LogP contribution in [0, 0.1) is 0 Å². The van der Waals surface area contributed by atoms with E-state index in [1.807, 2.05) is 0 Å². The van der Waals surface area contributed by atoms with Crippen molar-refractivity contribution < 1.29 is 0 Å². The number of rotatable bonds is 13. The van der Waals surface area contributed by atoms with Gasteiger partial charge in [0.2, 0.25) is 0 Å². The van der Waals surface area contributed by atoms with Crippen molar-refractivity contribution in [2.24, 2.45) is 0 Å². The van der Waals surface area contributed by atoms with E-state index in [0.717, 1.165) is 27.8 Å². The molecule has 0 N–H and O–H groups in total. The fourth-order valence-electron chi connectivity index (χ4n) is 3.08. The van der Waals surface area contributed by atoms with Crippen LogP contribution in [0.15, 0.2) is 60.7 Å². The number of hydrogen-bond donors (Lipinski definition) is 0. The van der Waals surface area contributed by atoms with Gasteiger partial charge in [0.05, 0.1) is 0 Å². The molecule has 2 aromatic rings. The van der Waals surface area contributed by atoms with Crippen molar-refractivity contribution in [3.63, 3.8) is 0 Å².